The second kappa shape index (κ2) is 8.21. The summed E-state index contributed by atoms with van der Waals surface area (Å²) in [7, 11) is 0. The van der Waals surface area contributed by atoms with Gasteiger partial charge in [0, 0.05) is 10.6 Å². The van der Waals surface area contributed by atoms with Gasteiger partial charge in [-0.25, -0.2) is 14.4 Å². The molecule has 0 aliphatic heterocycles. The number of amides is 1. The van der Waals surface area contributed by atoms with Crippen molar-refractivity contribution in [3.63, 3.8) is 0 Å². The Morgan fingerprint density at radius 1 is 1.06 bits per heavy atom. The Hall–Kier alpha value is -3.09. The normalized spacial score (nSPS) is 12.2. The molecule has 1 aliphatic carbocycles. The van der Waals surface area contributed by atoms with Gasteiger partial charge in [-0.1, -0.05) is 29.8 Å². The molecule has 2 aromatic carbocycles. The zero-order valence-corrected chi connectivity index (χ0v) is 17.9. The first-order valence-electron chi connectivity index (χ1n) is 9.85. The van der Waals surface area contributed by atoms with E-state index in [-0.39, 0.29) is 18.1 Å². The summed E-state index contributed by atoms with van der Waals surface area (Å²) in [5.74, 6) is 0.0260. The lowest BCUT2D eigenvalue weighted by molar-refractivity contribution is -0.115. The highest BCUT2D eigenvalue weighted by atomic mass is 35.5. The number of nitrogens with zero attached hydrogens (tertiary/aromatic N) is 2. The lowest BCUT2D eigenvalue weighted by Gasteiger charge is -2.20. The van der Waals surface area contributed by atoms with Gasteiger partial charge in [0.05, 0.1) is 22.7 Å². The van der Waals surface area contributed by atoms with E-state index in [9.17, 15) is 9.18 Å². The maximum absolute atomic E-state index is 13.7. The molecular formula is C24H17ClFN3OS. The van der Waals surface area contributed by atoms with E-state index in [1.165, 1.54) is 17.4 Å². The van der Waals surface area contributed by atoms with E-state index in [0.717, 1.165) is 33.0 Å². The summed E-state index contributed by atoms with van der Waals surface area (Å²) in [6, 6.07) is 15.8. The molecular weight excluding hydrogens is 433 g/mol. The number of aromatic nitrogens is 2. The average molecular weight is 450 g/mol. The molecule has 0 radical (unpaired) electrons. The molecule has 1 amide bonds. The maximum Gasteiger partial charge on any atom is 0.230 e. The number of thiophene rings is 1. The number of aryl methyl sites for hydroxylation is 2. The Morgan fingerprint density at radius 2 is 1.90 bits per heavy atom. The molecule has 154 valence electrons. The highest BCUT2D eigenvalue weighted by molar-refractivity contribution is 7.13. The molecule has 2 aromatic heterocycles. The summed E-state index contributed by atoms with van der Waals surface area (Å²) >= 11 is 7.46. The molecule has 0 unspecified atom stereocenters. The minimum atomic E-state index is -0.250. The molecule has 0 bridgehead atoms. The molecule has 4 nitrogen and oxygen atoms in total. The van der Waals surface area contributed by atoms with Crippen molar-refractivity contribution in [2.24, 2.45) is 0 Å². The zero-order chi connectivity index (χ0) is 21.4. The fraction of sp³-hybridized carbons (Fsp3) is 0.125. The largest absolute Gasteiger partial charge is 0.309 e. The topological polar surface area (TPSA) is 54.9 Å². The number of rotatable bonds is 4. The van der Waals surface area contributed by atoms with Crippen molar-refractivity contribution in [3.05, 3.63) is 87.6 Å². The molecule has 5 rings (SSSR count). The van der Waals surface area contributed by atoms with Crippen LogP contribution >= 0.6 is 22.9 Å². The Balaban J connectivity index is 1.52. The van der Waals surface area contributed by atoms with E-state index in [2.05, 4.69) is 5.32 Å². The number of benzene rings is 2. The molecule has 0 saturated heterocycles. The summed E-state index contributed by atoms with van der Waals surface area (Å²) in [6.45, 7) is 0. The SMILES string of the molecule is O=C(Cc1ccc(Cl)cc1)Nc1nc2c(nc1-c1cccs1)-c1ccc(F)cc1CC2. The zero-order valence-electron chi connectivity index (χ0n) is 16.4. The van der Waals surface area contributed by atoms with Gasteiger partial charge in [-0.3, -0.25) is 4.79 Å². The number of carbonyl (C=O) groups excluding carboxylic acids is 1. The molecule has 4 aromatic rings. The molecule has 7 heteroatoms. The van der Waals surface area contributed by atoms with E-state index in [4.69, 9.17) is 21.6 Å². The standard InChI is InChI=1S/C24H17ClFN3OS/c25-16-6-3-14(4-7-16)12-21(30)28-24-23(20-2-1-11-31-20)29-22-18-9-8-17(26)13-15(18)5-10-19(22)27-24/h1-4,6-9,11,13H,5,10,12H2,(H,27,28,30). The molecule has 0 saturated carbocycles. The van der Waals surface area contributed by atoms with Crippen molar-refractivity contribution in [1.82, 2.24) is 9.97 Å². The van der Waals surface area contributed by atoms with Crippen molar-refractivity contribution in [2.75, 3.05) is 5.32 Å². The summed E-state index contributed by atoms with van der Waals surface area (Å²) in [6.07, 6.45) is 1.54. The molecule has 2 heterocycles. The van der Waals surface area contributed by atoms with E-state index in [1.54, 1.807) is 24.3 Å². The van der Waals surface area contributed by atoms with Crippen LogP contribution in [0.5, 0.6) is 0 Å². The third kappa shape index (κ3) is 4.09. The van der Waals surface area contributed by atoms with Gasteiger partial charge in [0.15, 0.2) is 5.82 Å². The third-order valence-electron chi connectivity index (χ3n) is 5.21. The number of nitrogens with one attached hydrogen (secondary N) is 1. The molecule has 31 heavy (non-hydrogen) atoms. The Labute approximate surface area is 187 Å². The van der Waals surface area contributed by atoms with Gasteiger partial charge in [0.25, 0.3) is 0 Å². The quantitative estimate of drug-likeness (QED) is 0.419. The second-order valence-corrected chi connectivity index (χ2v) is 8.73. The van der Waals surface area contributed by atoms with Gasteiger partial charge in [-0.15, -0.1) is 11.3 Å². The van der Waals surface area contributed by atoms with Gasteiger partial charge < -0.3 is 5.32 Å². The van der Waals surface area contributed by atoms with Crippen LogP contribution < -0.4 is 5.32 Å². The van der Waals surface area contributed by atoms with Crippen LogP contribution in [-0.2, 0) is 24.1 Å². The van der Waals surface area contributed by atoms with Gasteiger partial charge in [-0.2, -0.15) is 0 Å². The van der Waals surface area contributed by atoms with Crippen LogP contribution in [-0.4, -0.2) is 15.9 Å². The lowest BCUT2D eigenvalue weighted by atomic mass is 9.91. The number of halogens is 2. The van der Waals surface area contributed by atoms with E-state index in [1.807, 2.05) is 29.6 Å². The predicted octanol–water partition coefficient (Wildman–Crippen LogP) is 5.94. The van der Waals surface area contributed by atoms with E-state index in [0.29, 0.717) is 29.4 Å². The van der Waals surface area contributed by atoms with Crippen LogP contribution in [0.15, 0.2) is 60.0 Å². The number of anilines is 1. The smallest absolute Gasteiger partial charge is 0.230 e. The number of hydrogen-bond acceptors (Lipinski definition) is 4. The maximum atomic E-state index is 13.7. The molecule has 1 N–H and O–H groups in total. The highest BCUT2D eigenvalue weighted by Crippen LogP contribution is 2.37. The van der Waals surface area contributed by atoms with Crippen LogP contribution in [0.2, 0.25) is 5.02 Å². The first kappa shape index (κ1) is 19.8. The number of fused-ring (bicyclic) bond motifs is 3. The Morgan fingerprint density at radius 3 is 2.68 bits per heavy atom. The number of carbonyl (C=O) groups is 1. The molecule has 0 fully saturated rings. The van der Waals surface area contributed by atoms with Crippen LogP contribution in [0.4, 0.5) is 10.2 Å². The van der Waals surface area contributed by atoms with Crippen molar-refractivity contribution >= 4 is 34.7 Å². The molecule has 0 atom stereocenters. The van der Waals surface area contributed by atoms with Gasteiger partial charge >= 0.3 is 0 Å². The minimum absolute atomic E-state index is 0.173. The first-order valence-corrected chi connectivity index (χ1v) is 11.1. The first-order chi connectivity index (χ1) is 15.1. The summed E-state index contributed by atoms with van der Waals surface area (Å²) in [4.78, 5) is 23.3. The van der Waals surface area contributed by atoms with Crippen molar-refractivity contribution < 1.29 is 9.18 Å². The average Bonchev–Trinajstić information content (AvgIpc) is 3.29. The van der Waals surface area contributed by atoms with Gasteiger partial charge in [-0.05, 0) is 65.7 Å². The minimum Gasteiger partial charge on any atom is -0.309 e. The molecule has 0 spiro atoms. The van der Waals surface area contributed by atoms with Crippen LogP contribution in [0.1, 0.15) is 16.8 Å². The van der Waals surface area contributed by atoms with Gasteiger partial charge in [0.2, 0.25) is 5.91 Å². The number of hydrogen-bond donors (Lipinski definition) is 1. The van der Waals surface area contributed by atoms with Crippen LogP contribution in [0, 0.1) is 5.82 Å². The molecule has 1 aliphatic rings. The van der Waals surface area contributed by atoms with Crippen molar-refractivity contribution in [2.45, 2.75) is 19.3 Å². The van der Waals surface area contributed by atoms with Crippen molar-refractivity contribution in [1.29, 1.82) is 0 Å². The fourth-order valence-corrected chi connectivity index (χ4v) is 4.59. The van der Waals surface area contributed by atoms with Gasteiger partial charge in [0.1, 0.15) is 11.5 Å². The lowest BCUT2D eigenvalue weighted by Crippen LogP contribution is -2.18. The van der Waals surface area contributed by atoms with Crippen molar-refractivity contribution in [3.8, 4) is 21.8 Å². The van der Waals surface area contributed by atoms with E-state index < -0.39 is 0 Å². The Kier molecular flexibility index (Phi) is 5.26. The second-order valence-electron chi connectivity index (χ2n) is 7.35. The van der Waals surface area contributed by atoms with E-state index >= 15 is 0 Å². The van der Waals surface area contributed by atoms with Crippen LogP contribution in [0.3, 0.4) is 0 Å². The fourth-order valence-electron chi connectivity index (χ4n) is 3.75. The highest BCUT2D eigenvalue weighted by Gasteiger charge is 2.23. The van der Waals surface area contributed by atoms with Crippen LogP contribution in [0.25, 0.3) is 21.8 Å². The third-order valence-corrected chi connectivity index (χ3v) is 6.34. The summed E-state index contributed by atoms with van der Waals surface area (Å²) in [5.41, 5.74) is 4.86. The summed E-state index contributed by atoms with van der Waals surface area (Å²) in [5, 5.41) is 5.53. The Bertz CT molecular complexity index is 1270. The predicted molar refractivity (Wildman–Crippen MR) is 122 cm³/mol. The monoisotopic (exact) mass is 449 g/mol. The summed E-state index contributed by atoms with van der Waals surface area (Å²) < 4.78 is 13.7.